The van der Waals surface area contributed by atoms with Gasteiger partial charge in [-0.2, -0.15) is 0 Å². The van der Waals surface area contributed by atoms with Crippen LogP contribution in [0.2, 0.25) is 0 Å². The maximum absolute atomic E-state index is 4.02. The van der Waals surface area contributed by atoms with E-state index < -0.39 is 0 Å². The van der Waals surface area contributed by atoms with Crippen LogP contribution in [-0.2, 0) is 0 Å². The van der Waals surface area contributed by atoms with E-state index in [0.717, 1.165) is 17.6 Å². The van der Waals surface area contributed by atoms with Crippen molar-refractivity contribution in [3.8, 4) is 0 Å². The fraction of sp³-hybridized carbons (Fsp3) is 0.375. The molecular weight excluding hydrogens is 192 g/mol. The van der Waals surface area contributed by atoms with Gasteiger partial charge in [0.2, 0.25) is 0 Å². The van der Waals surface area contributed by atoms with E-state index in [-0.39, 0.29) is 0 Å². The molecule has 0 heterocycles. The van der Waals surface area contributed by atoms with Crippen LogP contribution >= 0.6 is 0 Å². The molecule has 1 aromatic carbocycles. The van der Waals surface area contributed by atoms with Crippen LogP contribution in [0.1, 0.15) is 56.7 Å². The van der Waals surface area contributed by atoms with Gasteiger partial charge in [-0.15, -0.1) is 0 Å². The minimum absolute atomic E-state index is 0.595. The van der Waals surface area contributed by atoms with Gasteiger partial charge >= 0.3 is 0 Å². The minimum Gasteiger partial charge on any atom is -0.0955 e. The van der Waals surface area contributed by atoms with Crippen molar-refractivity contribution in [1.82, 2.24) is 0 Å². The van der Waals surface area contributed by atoms with Gasteiger partial charge in [0.25, 0.3) is 0 Å². The van der Waals surface area contributed by atoms with Crippen molar-refractivity contribution in [3.63, 3.8) is 0 Å². The highest BCUT2D eigenvalue weighted by Gasteiger charge is 2.07. The Labute approximate surface area is 99.7 Å². The molecule has 86 valence electrons. The molecule has 0 aromatic heterocycles. The highest BCUT2D eigenvalue weighted by Crippen LogP contribution is 2.26. The molecule has 1 atom stereocenters. The summed E-state index contributed by atoms with van der Waals surface area (Å²) >= 11 is 0. The van der Waals surface area contributed by atoms with Crippen LogP contribution in [0, 0.1) is 0 Å². The molecule has 0 aliphatic carbocycles. The Balaban J connectivity index is 3.29. The lowest BCUT2D eigenvalue weighted by atomic mass is 9.91. The van der Waals surface area contributed by atoms with Gasteiger partial charge in [0, 0.05) is 0 Å². The molecule has 0 heteroatoms. The van der Waals surface area contributed by atoms with Gasteiger partial charge in [-0.1, -0.05) is 50.3 Å². The molecule has 1 aromatic rings. The number of rotatable bonds is 4. The lowest BCUT2D eigenvalue weighted by Crippen LogP contribution is -1.95. The summed E-state index contributed by atoms with van der Waals surface area (Å²) in [6, 6.07) is 6.68. The third-order valence-corrected chi connectivity index (χ3v) is 3.12. The van der Waals surface area contributed by atoms with Crippen molar-refractivity contribution in [2.45, 2.75) is 40.0 Å². The molecule has 0 N–H and O–H groups in total. The third kappa shape index (κ3) is 2.85. The van der Waals surface area contributed by atoms with E-state index in [4.69, 9.17) is 0 Å². The molecule has 0 aliphatic rings. The molecule has 0 saturated carbocycles. The summed E-state index contributed by atoms with van der Waals surface area (Å²) in [7, 11) is 0. The Bertz CT molecular complexity index is 378. The number of allylic oxidation sites excluding steroid dienone is 2. The third-order valence-electron chi connectivity index (χ3n) is 3.12. The van der Waals surface area contributed by atoms with Gasteiger partial charge in [-0.25, -0.2) is 0 Å². The standard InChI is InChI=1S/C16H22/c1-7-13(6)16-9-14(11(2)3)8-15(10-16)12(4)5/h8-10,13H,2,4,7H2,1,3,5-6H3. The van der Waals surface area contributed by atoms with Crippen LogP contribution in [-0.4, -0.2) is 0 Å². The van der Waals surface area contributed by atoms with Gasteiger partial charge in [0.15, 0.2) is 0 Å². The zero-order valence-corrected chi connectivity index (χ0v) is 10.9. The molecule has 0 amide bonds. The van der Waals surface area contributed by atoms with E-state index in [2.05, 4.69) is 59.1 Å². The van der Waals surface area contributed by atoms with Crippen LogP contribution in [0.5, 0.6) is 0 Å². The predicted octanol–water partition coefficient (Wildman–Crippen LogP) is 5.27. The van der Waals surface area contributed by atoms with Gasteiger partial charge in [0.05, 0.1) is 0 Å². The lowest BCUT2D eigenvalue weighted by Gasteiger charge is -2.14. The van der Waals surface area contributed by atoms with Gasteiger partial charge in [-0.3, -0.25) is 0 Å². The Morgan fingerprint density at radius 3 is 1.81 bits per heavy atom. The Morgan fingerprint density at radius 1 is 1.06 bits per heavy atom. The Kier molecular flexibility index (Phi) is 4.12. The largest absolute Gasteiger partial charge is 0.0955 e. The first kappa shape index (κ1) is 12.8. The monoisotopic (exact) mass is 214 g/mol. The fourth-order valence-electron chi connectivity index (χ4n) is 1.66. The topological polar surface area (TPSA) is 0 Å². The first-order valence-corrected chi connectivity index (χ1v) is 5.92. The molecule has 0 saturated heterocycles. The van der Waals surface area contributed by atoms with Crippen LogP contribution < -0.4 is 0 Å². The quantitative estimate of drug-likeness (QED) is 0.640. The summed E-state index contributed by atoms with van der Waals surface area (Å²) in [5.41, 5.74) is 6.09. The summed E-state index contributed by atoms with van der Waals surface area (Å²) < 4.78 is 0. The van der Waals surface area contributed by atoms with E-state index >= 15 is 0 Å². The Hall–Kier alpha value is -1.30. The number of hydrogen-bond donors (Lipinski definition) is 0. The van der Waals surface area contributed by atoms with Crippen LogP contribution in [0.3, 0.4) is 0 Å². The summed E-state index contributed by atoms with van der Waals surface area (Å²) in [5, 5.41) is 0. The zero-order chi connectivity index (χ0) is 12.3. The highest BCUT2D eigenvalue weighted by atomic mass is 14.1. The second-order valence-electron chi connectivity index (χ2n) is 4.71. The minimum atomic E-state index is 0.595. The van der Waals surface area contributed by atoms with Crippen molar-refractivity contribution in [1.29, 1.82) is 0 Å². The predicted molar refractivity (Wildman–Crippen MR) is 74.6 cm³/mol. The molecule has 0 nitrogen and oxygen atoms in total. The average Bonchev–Trinajstić information content (AvgIpc) is 2.27. The molecule has 1 rings (SSSR count). The fourth-order valence-corrected chi connectivity index (χ4v) is 1.66. The SMILES string of the molecule is C=C(C)c1cc(C(=C)C)cc(C(C)CC)c1. The van der Waals surface area contributed by atoms with Crippen molar-refractivity contribution in [2.75, 3.05) is 0 Å². The maximum atomic E-state index is 4.02. The second-order valence-corrected chi connectivity index (χ2v) is 4.71. The van der Waals surface area contributed by atoms with E-state index in [1.165, 1.54) is 16.7 Å². The molecule has 0 bridgehead atoms. The molecule has 1 unspecified atom stereocenters. The van der Waals surface area contributed by atoms with Crippen LogP contribution in [0.15, 0.2) is 31.4 Å². The van der Waals surface area contributed by atoms with Crippen molar-refractivity contribution in [3.05, 3.63) is 48.0 Å². The molecule has 0 spiro atoms. The Morgan fingerprint density at radius 2 is 1.50 bits per heavy atom. The molecule has 0 fully saturated rings. The normalized spacial score (nSPS) is 12.2. The summed E-state index contributed by atoms with van der Waals surface area (Å²) in [4.78, 5) is 0. The summed E-state index contributed by atoms with van der Waals surface area (Å²) in [5.74, 6) is 0.595. The summed E-state index contributed by atoms with van der Waals surface area (Å²) in [6.45, 7) is 16.6. The molecule has 16 heavy (non-hydrogen) atoms. The van der Waals surface area contributed by atoms with Gasteiger partial charge in [-0.05, 0) is 48.9 Å². The molecular formula is C16H22. The number of hydrogen-bond acceptors (Lipinski definition) is 0. The zero-order valence-electron chi connectivity index (χ0n) is 10.9. The maximum Gasteiger partial charge on any atom is -0.0193 e. The van der Waals surface area contributed by atoms with Crippen molar-refractivity contribution >= 4 is 11.1 Å². The average molecular weight is 214 g/mol. The van der Waals surface area contributed by atoms with E-state index in [9.17, 15) is 0 Å². The van der Waals surface area contributed by atoms with E-state index in [1.54, 1.807) is 0 Å². The van der Waals surface area contributed by atoms with Crippen LogP contribution in [0.4, 0.5) is 0 Å². The van der Waals surface area contributed by atoms with Crippen LogP contribution in [0.25, 0.3) is 11.1 Å². The van der Waals surface area contributed by atoms with Gasteiger partial charge < -0.3 is 0 Å². The first-order valence-electron chi connectivity index (χ1n) is 5.92. The van der Waals surface area contributed by atoms with Crippen molar-refractivity contribution in [2.24, 2.45) is 0 Å². The van der Waals surface area contributed by atoms with E-state index in [1.807, 2.05) is 0 Å². The molecule has 0 aliphatic heterocycles. The lowest BCUT2D eigenvalue weighted by molar-refractivity contribution is 0.733. The van der Waals surface area contributed by atoms with Crippen molar-refractivity contribution < 1.29 is 0 Å². The second kappa shape index (κ2) is 5.16. The van der Waals surface area contributed by atoms with E-state index in [0.29, 0.717) is 5.92 Å². The first-order chi connectivity index (χ1) is 7.45. The smallest absolute Gasteiger partial charge is 0.0193 e. The molecule has 0 radical (unpaired) electrons. The summed E-state index contributed by atoms with van der Waals surface area (Å²) in [6.07, 6.45) is 1.16. The number of benzene rings is 1. The van der Waals surface area contributed by atoms with Gasteiger partial charge in [0.1, 0.15) is 0 Å². The highest BCUT2D eigenvalue weighted by molar-refractivity contribution is 5.70.